The third-order valence-corrected chi connectivity index (χ3v) is 4.96. The number of rotatable bonds is 2. The van der Waals surface area contributed by atoms with Gasteiger partial charge in [-0.3, -0.25) is 4.99 Å². The predicted octanol–water partition coefficient (Wildman–Crippen LogP) is 5.93. The molecule has 0 spiro atoms. The number of benzene rings is 3. The minimum Gasteiger partial charge on any atom is -0.252 e. The molecule has 0 fully saturated rings. The zero-order chi connectivity index (χ0) is 18.3. The molecule has 3 aromatic rings. The second kappa shape index (κ2) is 5.93. The van der Waals surface area contributed by atoms with Crippen LogP contribution in [-0.4, -0.2) is 5.71 Å². The van der Waals surface area contributed by atoms with E-state index in [1.54, 1.807) is 6.07 Å². The topological polar surface area (TPSA) is 36.1 Å². The normalized spacial score (nSPS) is 15.1. The smallest absolute Gasteiger partial charge is 0.141 e. The molecule has 26 heavy (non-hydrogen) atoms. The summed E-state index contributed by atoms with van der Waals surface area (Å²) in [5.74, 6) is -0.503. The van der Waals surface area contributed by atoms with Gasteiger partial charge in [0.25, 0.3) is 0 Å². The first-order chi connectivity index (χ1) is 12.5. The van der Waals surface area contributed by atoms with Crippen LogP contribution in [0, 0.1) is 17.1 Å². The molecule has 0 atom stereocenters. The SMILES string of the molecule is CC1(C)C(/C=C/c2ccc(C#N)c(F)c2)=Nc2ccc3ccccc3c21. The lowest BCUT2D eigenvalue weighted by atomic mass is 9.79. The Morgan fingerprint density at radius 1 is 1.04 bits per heavy atom. The average molecular weight is 340 g/mol. The number of allylic oxidation sites excluding steroid dienone is 1. The van der Waals surface area contributed by atoms with Crippen LogP contribution in [0.3, 0.4) is 0 Å². The van der Waals surface area contributed by atoms with Gasteiger partial charge in [-0.1, -0.05) is 56.3 Å². The van der Waals surface area contributed by atoms with E-state index >= 15 is 0 Å². The molecule has 4 rings (SSSR count). The standard InChI is InChI=1S/C23H17FN2/c1-23(2)21(12-8-15-7-9-17(14-25)19(24)13-15)26-20-11-10-16-5-3-4-6-18(16)22(20)23/h3-13H,1-2H3/b12-8+. The van der Waals surface area contributed by atoms with E-state index in [9.17, 15) is 4.39 Å². The highest BCUT2D eigenvalue weighted by molar-refractivity contribution is 6.13. The van der Waals surface area contributed by atoms with Crippen LogP contribution in [0.15, 0.2) is 65.7 Å². The van der Waals surface area contributed by atoms with Crippen molar-refractivity contribution in [2.45, 2.75) is 19.3 Å². The lowest BCUT2D eigenvalue weighted by Crippen LogP contribution is -2.24. The van der Waals surface area contributed by atoms with Crippen molar-refractivity contribution in [3.8, 4) is 6.07 Å². The van der Waals surface area contributed by atoms with Crippen molar-refractivity contribution in [2.75, 3.05) is 0 Å². The van der Waals surface area contributed by atoms with Crippen LogP contribution in [0.5, 0.6) is 0 Å². The summed E-state index contributed by atoms with van der Waals surface area (Å²) >= 11 is 0. The lowest BCUT2D eigenvalue weighted by Gasteiger charge is -2.22. The predicted molar refractivity (Wildman–Crippen MR) is 104 cm³/mol. The van der Waals surface area contributed by atoms with Gasteiger partial charge in [0.1, 0.15) is 11.9 Å². The van der Waals surface area contributed by atoms with Crippen molar-refractivity contribution in [3.63, 3.8) is 0 Å². The van der Waals surface area contributed by atoms with Gasteiger partial charge in [-0.25, -0.2) is 4.39 Å². The first-order valence-corrected chi connectivity index (χ1v) is 8.50. The number of fused-ring (bicyclic) bond motifs is 3. The monoisotopic (exact) mass is 340 g/mol. The van der Waals surface area contributed by atoms with E-state index < -0.39 is 5.82 Å². The van der Waals surface area contributed by atoms with Crippen LogP contribution >= 0.6 is 0 Å². The third-order valence-electron chi connectivity index (χ3n) is 4.96. The summed E-state index contributed by atoms with van der Waals surface area (Å²) in [5, 5.41) is 11.3. The van der Waals surface area contributed by atoms with Gasteiger partial charge in [-0.2, -0.15) is 5.26 Å². The lowest BCUT2D eigenvalue weighted by molar-refractivity contribution is 0.623. The van der Waals surface area contributed by atoms with Crippen LogP contribution in [0.1, 0.15) is 30.5 Å². The highest BCUT2D eigenvalue weighted by Gasteiger charge is 2.34. The molecule has 2 nitrogen and oxygen atoms in total. The van der Waals surface area contributed by atoms with Crippen molar-refractivity contribution in [3.05, 3.63) is 83.2 Å². The fourth-order valence-electron chi connectivity index (χ4n) is 3.55. The number of nitrogens with zero attached hydrogens (tertiary/aromatic N) is 2. The maximum Gasteiger partial charge on any atom is 0.141 e. The molecule has 126 valence electrons. The fourth-order valence-corrected chi connectivity index (χ4v) is 3.55. The first-order valence-electron chi connectivity index (χ1n) is 8.50. The molecular formula is C23H17FN2. The van der Waals surface area contributed by atoms with E-state index in [2.05, 4.69) is 38.1 Å². The van der Waals surface area contributed by atoms with Gasteiger partial charge in [-0.05, 0) is 46.2 Å². The van der Waals surface area contributed by atoms with Gasteiger partial charge in [0.15, 0.2) is 0 Å². The van der Waals surface area contributed by atoms with Gasteiger partial charge < -0.3 is 0 Å². The van der Waals surface area contributed by atoms with E-state index in [1.807, 2.05) is 30.4 Å². The Kier molecular flexibility index (Phi) is 3.70. The van der Waals surface area contributed by atoms with Crippen LogP contribution < -0.4 is 0 Å². The molecule has 0 amide bonds. The molecule has 3 heteroatoms. The summed E-state index contributed by atoms with van der Waals surface area (Å²) < 4.78 is 13.8. The molecule has 0 radical (unpaired) electrons. The molecule has 0 aromatic heterocycles. The van der Waals surface area contributed by atoms with Crippen molar-refractivity contribution in [1.82, 2.24) is 0 Å². The zero-order valence-corrected chi connectivity index (χ0v) is 14.6. The Bertz CT molecular complexity index is 1130. The highest BCUT2D eigenvalue weighted by Crippen LogP contribution is 2.44. The van der Waals surface area contributed by atoms with Crippen molar-refractivity contribution >= 4 is 28.2 Å². The molecule has 0 saturated carbocycles. The minimum atomic E-state index is -0.503. The largest absolute Gasteiger partial charge is 0.252 e. The number of hydrogen-bond donors (Lipinski definition) is 0. The molecular weight excluding hydrogens is 323 g/mol. The van der Waals surface area contributed by atoms with Gasteiger partial charge >= 0.3 is 0 Å². The fraction of sp³-hybridized carbons (Fsp3) is 0.130. The van der Waals surface area contributed by atoms with Crippen LogP contribution in [0.4, 0.5) is 10.1 Å². The van der Waals surface area contributed by atoms with Crippen LogP contribution in [0.25, 0.3) is 16.8 Å². The molecule has 3 aromatic carbocycles. The summed E-state index contributed by atoms with van der Waals surface area (Å²) in [4.78, 5) is 4.81. The van der Waals surface area contributed by atoms with Crippen molar-refractivity contribution in [1.29, 1.82) is 5.26 Å². The van der Waals surface area contributed by atoms with Gasteiger partial charge in [-0.15, -0.1) is 0 Å². The van der Waals surface area contributed by atoms with Crippen LogP contribution in [0.2, 0.25) is 0 Å². The maximum absolute atomic E-state index is 13.8. The molecule has 1 heterocycles. The number of nitriles is 1. The second-order valence-corrected chi connectivity index (χ2v) is 6.99. The number of halogens is 1. The summed E-state index contributed by atoms with van der Waals surface area (Å²) in [5.41, 5.74) is 3.67. The van der Waals surface area contributed by atoms with E-state index in [1.165, 1.54) is 28.5 Å². The molecule has 1 aliphatic heterocycles. The van der Waals surface area contributed by atoms with Gasteiger partial charge in [0.05, 0.1) is 17.0 Å². The number of hydrogen-bond acceptors (Lipinski definition) is 2. The van der Waals surface area contributed by atoms with E-state index in [4.69, 9.17) is 10.3 Å². The zero-order valence-electron chi connectivity index (χ0n) is 14.6. The summed E-state index contributed by atoms with van der Waals surface area (Å²) in [6.45, 7) is 4.32. The Hall–Kier alpha value is -3.25. The maximum atomic E-state index is 13.8. The third kappa shape index (κ3) is 2.51. The molecule has 0 bridgehead atoms. The number of aliphatic imine (C=N–C) groups is 1. The second-order valence-electron chi connectivity index (χ2n) is 6.99. The molecule has 1 aliphatic rings. The van der Waals surface area contributed by atoms with Crippen molar-refractivity contribution < 1.29 is 4.39 Å². The van der Waals surface area contributed by atoms with Gasteiger partial charge in [0, 0.05) is 5.41 Å². The Morgan fingerprint density at radius 2 is 1.85 bits per heavy atom. The van der Waals surface area contributed by atoms with E-state index in [0.29, 0.717) is 5.56 Å². The molecule has 0 N–H and O–H groups in total. The minimum absolute atomic E-state index is 0.0551. The Morgan fingerprint density at radius 3 is 2.62 bits per heavy atom. The van der Waals surface area contributed by atoms with Crippen LogP contribution in [-0.2, 0) is 5.41 Å². The van der Waals surface area contributed by atoms with E-state index in [-0.39, 0.29) is 11.0 Å². The molecule has 0 saturated heterocycles. The highest BCUT2D eigenvalue weighted by atomic mass is 19.1. The Labute approximate surface area is 151 Å². The molecule has 0 unspecified atom stereocenters. The quantitative estimate of drug-likeness (QED) is 0.570. The first kappa shape index (κ1) is 16.2. The molecule has 0 aliphatic carbocycles. The average Bonchev–Trinajstić information content (AvgIpc) is 2.90. The summed E-state index contributed by atoms with van der Waals surface area (Å²) in [6.07, 6.45) is 3.79. The van der Waals surface area contributed by atoms with Gasteiger partial charge in [0.2, 0.25) is 0 Å². The van der Waals surface area contributed by atoms with E-state index in [0.717, 1.165) is 11.4 Å². The summed E-state index contributed by atoms with van der Waals surface area (Å²) in [6, 6.07) is 18.9. The summed E-state index contributed by atoms with van der Waals surface area (Å²) in [7, 11) is 0. The Balaban J connectivity index is 1.73. The van der Waals surface area contributed by atoms with Crippen molar-refractivity contribution in [2.24, 2.45) is 4.99 Å².